The topological polar surface area (TPSA) is 58.6 Å². The Morgan fingerprint density at radius 1 is 1.35 bits per heavy atom. The lowest BCUT2D eigenvalue weighted by atomic mass is 10.2. The third kappa shape index (κ3) is 4.58. The summed E-state index contributed by atoms with van der Waals surface area (Å²) < 4.78 is 20.7. The lowest BCUT2D eigenvalue weighted by Gasteiger charge is -2.20. The Hall–Kier alpha value is -0.910. The van der Waals surface area contributed by atoms with Crippen molar-refractivity contribution in [1.29, 1.82) is 0 Å². The second kappa shape index (κ2) is 6.24. The Balaban J connectivity index is 1.78. The molecule has 0 saturated heterocycles. The van der Waals surface area contributed by atoms with Crippen molar-refractivity contribution < 1.29 is 14.1 Å². The van der Waals surface area contributed by atoms with E-state index in [4.69, 9.17) is 4.74 Å². The Morgan fingerprint density at radius 2 is 2.00 bits per heavy atom. The highest BCUT2D eigenvalue weighted by atomic mass is 32.2. The van der Waals surface area contributed by atoms with Gasteiger partial charge in [-0.2, -0.15) is 0 Å². The van der Waals surface area contributed by atoms with E-state index in [1.807, 2.05) is 30.3 Å². The van der Waals surface area contributed by atoms with Gasteiger partial charge in [-0.05, 0) is 51.7 Å². The number of benzene rings is 1. The number of aliphatic hydroxyl groups is 1. The molecule has 1 unspecified atom stereocenters. The van der Waals surface area contributed by atoms with E-state index in [1.54, 1.807) is 13.8 Å². The van der Waals surface area contributed by atoms with Crippen LogP contribution in [0.5, 0.6) is 0 Å². The molecule has 2 rings (SSSR count). The number of rotatable bonds is 8. The van der Waals surface area contributed by atoms with Crippen LogP contribution < -0.4 is 4.72 Å². The quantitative estimate of drug-likeness (QED) is 0.573. The molecule has 1 saturated carbocycles. The fraction of sp³-hybridized carbons (Fsp3) is 0.600. The van der Waals surface area contributed by atoms with Crippen LogP contribution in [-0.2, 0) is 15.7 Å². The Bertz CT molecular complexity index is 452. The van der Waals surface area contributed by atoms with Crippen LogP contribution in [0.2, 0.25) is 0 Å². The largest absolute Gasteiger partial charge is 0.366 e. The molecule has 0 bridgehead atoms. The zero-order chi connectivity index (χ0) is 14.6. The first-order valence-corrected chi connectivity index (χ1v) is 8.16. The van der Waals surface area contributed by atoms with Gasteiger partial charge in [-0.15, -0.1) is 0 Å². The zero-order valence-electron chi connectivity index (χ0n) is 12.1. The van der Waals surface area contributed by atoms with E-state index >= 15 is 0 Å². The first-order valence-electron chi connectivity index (χ1n) is 7.01. The van der Waals surface area contributed by atoms with E-state index in [2.05, 4.69) is 4.72 Å². The molecular weight excluding hydrogens is 274 g/mol. The normalized spacial score (nSPS) is 18.6. The third-order valence-electron chi connectivity index (χ3n) is 3.42. The van der Waals surface area contributed by atoms with Gasteiger partial charge in [0.2, 0.25) is 0 Å². The first-order chi connectivity index (χ1) is 9.41. The van der Waals surface area contributed by atoms with E-state index in [0.29, 0.717) is 6.61 Å². The van der Waals surface area contributed by atoms with Crippen LogP contribution in [0.15, 0.2) is 30.3 Å². The zero-order valence-corrected chi connectivity index (χ0v) is 12.9. The summed E-state index contributed by atoms with van der Waals surface area (Å²) in [6, 6.07) is 9.64. The minimum atomic E-state index is -1.09. The first kappa shape index (κ1) is 15.5. The average molecular weight is 297 g/mol. The summed E-state index contributed by atoms with van der Waals surface area (Å²) in [5, 5.41) is 9.47. The molecule has 1 atom stereocenters. The van der Waals surface area contributed by atoms with Gasteiger partial charge in [0.05, 0.1) is 11.4 Å². The van der Waals surface area contributed by atoms with Crippen LogP contribution in [0.3, 0.4) is 0 Å². The maximum atomic E-state index is 12.4. The van der Waals surface area contributed by atoms with Gasteiger partial charge in [0.1, 0.15) is 11.0 Å². The average Bonchev–Trinajstić information content (AvgIpc) is 3.16. The van der Waals surface area contributed by atoms with Crippen LogP contribution in [0.25, 0.3) is 0 Å². The van der Waals surface area contributed by atoms with Crippen molar-refractivity contribution in [2.75, 3.05) is 11.3 Å². The summed E-state index contributed by atoms with van der Waals surface area (Å²) in [7, 11) is -1.06. The summed E-state index contributed by atoms with van der Waals surface area (Å²) >= 11 is 0. The van der Waals surface area contributed by atoms with Crippen LogP contribution in [0.4, 0.5) is 5.69 Å². The standard InChI is InChI=1S/C15H23NO3S/c1-14(2,17)19-12-6-9-15(10-11-15)20(18)16-13-7-4-3-5-8-13/h3-5,7-8,16-17H,6,9-12H2,1-2H3. The molecule has 0 radical (unpaired) electrons. The van der Waals surface area contributed by atoms with Crippen LogP contribution in [-0.4, -0.2) is 26.5 Å². The van der Waals surface area contributed by atoms with E-state index in [-0.39, 0.29) is 4.75 Å². The molecule has 0 heterocycles. The van der Waals surface area contributed by atoms with Gasteiger partial charge < -0.3 is 14.6 Å². The van der Waals surface area contributed by atoms with Gasteiger partial charge in [0.25, 0.3) is 0 Å². The number of hydrogen-bond acceptors (Lipinski definition) is 3. The maximum absolute atomic E-state index is 12.4. The highest BCUT2D eigenvalue weighted by Crippen LogP contribution is 2.45. The third-order valence-corrected chi connectivity index (χ3v) is 5.24. The van der Waals surface area contributed by atoms with E-state index in [0.717, 1.165) is 31.4 Å². The van der Waals surface area contributed by atoms with Gasteiger partial charge in [-0.1, -0.05) is 18.2 Å². The lowest BCUT2D eigenvalue weighted by Crippen LogP contribution is -2.26. The molecule has 0 spiro atoms. The number of ether oxygens (including phenoxy) is 1. The fourth-order valence-corrected chi connectivity index (χ4v) is 3.47. The summed E-state index contributed by atoms with van der Waals surface area (Å²) in [6.07, 6.45) is 3.64. The molecule has 1 fully saturated rings. The molecule has 2 N–H and O–H groups in total. The van der Waals surface area contributed by atoms with Crippen molar-refractivity contribution in [2.45, 2.75) is 50.1 Å². The lowest BCUT2D eigenvalue weighted by molar-refractivity contribution is -0.176. The van der Waals surface area contributed by atoms with Gasteiger partial charge in [-0.25, -0.2) is 4.21 Å². The second-order valence-electron chi connectivity index (χ2n) is 5.82. The minimum Gasteiger partial charge on any atom is -0.366 e. The van der Waals surface area contributed by atoms with E-state index in [1.165, 1.54) is 0 Å². The van der Waals surface area contributed by atoms with Crippen molar-refractivity contribution in [3.05, 3.63) is 30.3 Å². The predicted octanol–water partition coefficient (Wildman–Crippen LogP) is 2.82. The molecule has 0 aromatic heterocycles. The van der Waals surface area contributed by atoms with Gasteiger partial charge in [0, 0.05) is 5.69 Å². The molecule has 1 aliphatic rings. The molecule has 5 heteroatoms. The molecule has 112 valence electrons. The Morgan fingerprint density at radius 3 is 2.55 bits per heavy atom. The summed E-state index contributed by atoms with van der Waals surface area (Å²) in [4.78, 5) is 0. The molecule has 1 aliphatic carbocycles. The van der Waals surface area contributed by atoms with Crippen LogP contribution in [0, 0.1) is 0 Å². The monoisotopic (exact) mass is 297 g/mol. The predicted molar refractivity (Wildman–Crippen MR) is 81.7 cm³/mol. The molecule has 0 aliphatic heterocycles. The highest BCUT2D eigenvalue weighted by Gasteiger charge is 2.48. The number of para-hydroxylation sites is 1. The Labute approximate surface area is 123 Å². The van der Waals surface area contributed by atoms with Gasteiger partial charge >= 0.3 is 0 Å². The molecule has 1 aromatic carbocycles. The van der Waals surface area contributed by atoms with Crippen LogP contribution >= 0.6 is 0 Å². The number of anilines is 1. The van der Waals surface area contributed by atoms with Crippen molar-refractivity contribution in [3.63, 3.8) is 0 Å². The van der Waals surface area contributed by atoms with E-state index in [9.17, 15) is 9.32 Å². The van der Waals surface area contributed by atoms with E-state index < -0.39 is 16.8 Å². The highest BCUT2D eigenvalue weighted by molar-refractivity contribution is 7.88. The van der Waals surface area contributed by atoms with Crippen molar-refractivity contribution >= 4 is 16.7 Å². The molecule has 0 amide bonds. The molecule has 20 heavy (non-hydrogen) atoms. The SMILES string of the molecule is CC(C)(O)OCCCC1(S(=O)Nc2ccccc2)CC1. The second-order valence-corrected chi connectivity index (χ2v) is 7.43. The summed E-state index contributed by atoms with van der Waals surface area (Å²) in [5.41, 5.74) is 0.893. The van der Waals surface area contributed by atoms with Gasteiger partial charge in [0.15, 0.2) is 5.79 Å². The Kier molecular flexibility index (Phi) is 4.83. The van der Waals surface area contributed by atoms with Crippen molar-refractivity contribution in [1.82, 2.24) is 0 Å². The maximum Gasteiger partial charge on any atom is 0.159 e. The smallest absolute Gasteiger partial charge is 0.159 e. The van der Waals surface area contributed by atoms with Crippen molar-refractivity contribution in [3.8, 4) is 0 Å². The van der Waals surface area contributed by atoms with Crippen molar-refractivity contribution in [2.24, 2.45) is 0 Å². The molecule has 4 nitrogen and oxygen atoms in total. The summed E-state index contributed by atoms with van der Waals surface area (Å²) in [6.45, 7) is 3.73. The number of hydrogen-bond donors (Lipinski definition) is 2. The van der Waals surface area contributed by atoms with Crippen LogP contribution in [0.1, 0.15) is 39.5 Å². The van der Waals surface area contributed by atoms with Gasteiger partial charge in [-0.3, -0.25) is 0 Å². The molecule has 1 aromatic rings. The minimum absolute atomic E-state index is 0.112. The number of nitrogens with one attached hydrogen (secondary N) is 1. The molecular formula is C15H23NO3S. The summed E-state index contributed by atoms with van der Waals surface area (Å²) in [5.74, 6) is -1.09. The fourth-order valence-electron chi connectivity index (χ4n) is 2.11.